The van der Waals surface area contributed by atoms with Crippen molar-refractivity contribution in [3.63, 3.8) is 0 Å². The molecule has 0 saturated carbocycles. The Kier molecular flexibility index (Phi) is 6.16. The van der Waals surface area contributed by atoms with Crippen LogP contribution in [0.4, 0.5) is 0 Å². The molecule has 1 aromatic rings. The third kappa shape index (κ3) is 5.40. The molecule has 0 radical (unpaired) electrons. The fourth-order valence-electron chi connectivity index (χ4n) is 1.71. The topological polar surface area (TPSA) is 35.2 Å². The first-order valence-electron chi connectivity index (χ1n) is 6.54. The number of aryl methyl sites for hydroxylation is 1. The molecule has 0 spiro atoms. The van der Waals surface area contributed by atoms with Crippen LogP contribution in [-0.2, 0) is 0 Å². The molecule has 3 heteroatoms. The van der Waals surface area contributed by atoms with Crippen molar-refractivity contribution in [3.05, 3.63) is 28.2 Å². The van der Waals surface area contributed by atoms with E-state index in [-0.39, 0.29) is 5.41 Å². The van der Waals surface area contributed by atoms with E-state index in [9.17, 15) is 0 Å². The summed E-state index contributed by atoms with van der Waals surface area (Å²) in [4.78, 5) is 0. The van der Waals surface area contributed by atoms with Crippen molar-refractivity contribution in [1.29, 1.82) is 0 Å². The molecule has 0 saturated heterocycles. The highest BCUT2D eigenvalue weighted by molar-refractivity contribution is 9.10. The molecule has 0 amide bonds. The molecule has 18 heavy (non-hydrogen) atoms. The summed E-state index contributed by atoms with van der Waals surface area (Å²) in [5.74, 6) is 0.929. The summed E-state index contributed by atoms with van der Waals surface area (Å²) in [5, 5.41) is 0. The lowest BCUT2D eigenvalue weighted by Gasteiger charge is -2.21. The maximum Gasteiger partial charge on any atom is 0.133 e. The third-order valence-electron chi connectivity index (χ3n) is 3.15. The van der Waals surface area contributed by atoms with Gasteiger partial charge in [-0.1, -0.05) is 19.9 Å². The van der Waals surface area contributed by atoms with Gasteiger partial charge in [-0.3, -0.25) is 0 Å². The van der Waals surface area contributed by atoms with E-state index >= 15 is 0 Å². The van der Waals surface area contributed by atoms with Crippen molar-refractivity contribution in [3.8, 4) is 5.75 Å². The molecule has 0 bridgehead atoms. The summed E-state index contributed by atoms with van der Waals surface area (Å²) in [7, 11) is 0. The molecule has 2 N–H and O–H groups in total. The molecule has 0 unspecified atom stereocenters. The zero-order chi connectivity index (χ0) is 13.6. The van der Waals surface area contributed by atoms with E-state index in [2.05, 4.69) is 48.8 Å². The number of nitrogens with two attached hydrogens (primary N) is 1. The lowest BCUT2D eigenvalue weighted by atomic mass is 9.87. The van der Waals surface area contributed by atoms with Gasteiger partial charge in [0.2, 0.25) is 0 Å². The second kappa shape index (κ2) is 7.15. The van der Waals surface area contributed by atoms with Gasteiger partial charge in [0, 0.05) is 0 Å². The average Bonchev–Trinajstić information content (AvgIpc) is 2.31. The van der Waals surface area contributed by atoms with Crippen LogP contribution in [0.15, 0.2) is 22.7 Å². The molecule has 0 aliphatic rings. The molecule has 1 rings (SSSR count). The van der Waals surface area contributed by atoms with E-state index in [0.717, 1.165) is 42.6 Å². The van der Waals surface area contributed by atoms with E-state index < -0.39 is 0 Å². The monoisotopic (exact) mass is 313 g/mol. The van der Waals surface area contributed by atoms with E-state index in [4.69, 9.17) is 10.5 Å². The number of halogens is 1. The minimum atomic E-state index is 0.254. The summed E-state index contributed by atoms with van der Waals surface area (Å²) in [6, 6.07) is 6.16. The summed E-state index contributed by atoms with van der Waals surface area (Å²) >= 11 is 3.52. The molecule has 2 nitrogen and oxygen atoms in total. The normalized spacial score (nSPS) is 11.6. The van der Waals surface area contributed by atoms with E-state index in [0.29, 0.717) is 0 Å². The van der Waals surface area contributed by atoms with E-state index in [1.54, 1.807) is 0 Å². The molecule has 1 aromatic carbocycles. The van der Waals surface area contributed by atoms with E-state index in [1.807, 2.05) is 6.07 Å². The van der Waals surface area contributed by atoms with Gasteiger partial charge < -0.3 is 10.5 Å². The number of benzene rings is 1. The second-order valence-corrected chi connectivity index (χ2v) is 6.46. The van der Waals surface area contributed by atoms with Crippen LogP contribution in [0.1, 0.15) is 38.7 Å². The average molecular weight is 314 g/mol. The number of ether oxygens (including phenoxy) is 1. The van der Waals surface area contributed by atoms with Crippen molar-refractivity contribution >= 4 is 15.9 Å². The van der Waals surface area contributed by atoms with Gasteiger partial charge in [0.1, 0.15) is 5.75 Å². The first-order chi connectivity index (χ1) is 8.44. The van der Waals surface area contributed by atoms with Crippen molar-refractivity contribution in [2.24, 2.45) is 11.1 Å². The van der Waals surface area contributed by atoms with E-state index in [1.165, 1.54) is 5.56 Å². The number of unbranched alkanes of at least 4 members (excludes halogenated alkanes) is 1. The van der Waals surface area contributed by atoms with Crippen LogP contribution < -0.4 is 10.5 Å². The standard InChI is InChI=1S/C15H24BrNO/c1-12-6-7-14(13(16)10-12)18-9-5-4-8-15(2,3)11-17/h6-7,10H,4-5,8-9,11,17H2,1-3H3. The lowest BCUT2D eigenvalue weighted by Crippen LogP contribution is -2.23. The van der Waals surface area contributed by atoms with Gasteiger partial charge in [-0.25, -0.2) is 0 Å². The number of hydrogen-bond donors (Lipinski definition) is 1. The van der Waals surface area contributed by atoms with Crippen LogP contribution in [0, 0.1) is 12.3 Å². The Bertz CT molecular complexity index is 377. The summed E-state index contributed by atoms with van der Waals surface area (Å²) in [6.07, 6.45) is 3.39. The second-order valence-electron chi connectivity index (χ2n) is 5.61. The largest absolute Gasteiger partial charge is 0.492 e. The van der Waals surface area contributed by atoms with Crippen molar-refractivity contribution in [2.75, 3.05) is 13.2 Å². The Morgan fingerprint density at radius 3 is 2.61 bits per heavy atom. The fourth-order valence-corrected chi connectivity index (χ4v) is 2.32. The van der Waals surface area contributed by atoms with Crippen LogP contribution in [-0.4, -0.2) is 13.2 Å². The molecule has 0 aliphatic carbocycles. The van der Waals surface area contributed by atoms with Crippen LogP contribution in [0.5, 0.6) is 5.75 Å². The van der Waals surface area contributed by atoms with Gasteiger partial charge in [-0.05, 0) is 71.8 Å². The summed E-state index contributed by atoms with van der Waals surface area (Å²) in [5.41, 5.74) is 7.20. The predicted octanol–water partition coefficient (Wildman–Crippen LogP) is 4.29. The molecule has 102 valence electrons. The Hall–Kier alpha value is -0.540. The number of rotatable bonds is 7. The van der Waals surface area contributed by atoms with Crippen LogP contribution >= 0.6 is 15.9 Å². The maximum absolute atomic E-state index is 5.76. The third-order valence-corrected chi connectivity index (χ3v) is 3.77. The fraction of sp³-hybridized carbons (Fsp3) is 0.600. The SMILES string of the molecule is Cc1ccc(OCCCCC(C)(C)CN)c(Br)c1. The minimum absolute atomic E-state index is 0.254. The Morgan fingerprint density at radius 2 is 2.00 bits per heavy atom. The Balaban J connectivity index is 2.26. The molecule has 0 fully saturated rings. The Labute approximate surface area is 119 Å². The van der Waals surface area contributed by atoms with Crippen LogP contribution in [0.2, 0.25) is 0 Å². The summed E-state index contributed by atoms with van der Waals surface area (Å²) in [6.45, 7) is 8.01. The predicted molar refractivity (Wildman–Crippen MR) is 81.1 cm³/mol. The molecule has 0 heterocycles. The molecular formula is C15H24BrNO. The van der Waals surface area contributed by atoms with Gasteiger partial charge in [-0.2, -0.15) is 0 Å². The zero-order valence-corrected chi connectivity index (χ0v) is 13.2. The van der Waals surface area contributed by atoms with Crippen molar-refractivity contribution in [1.82, 2.24) is 0 Å². The first-order valence-corrected chi connectivity index (χ1v) is 7.33. The quantitative estimate of drug-likeness (QED) is 0.762. The van der Waals surface area contributed by atoms with Crippen molar-refractivity contribution < 1.29 is 4.74 Å². The zero-order valence-electron chi connectivity index (χ0n) is 11.6. The van der Waals surface area contributed by atoms with Gasteiger partial charge in [0.15, 0.2) is 0 Å². The first kappa shape index (κ1) is 15.5. The molecule has 0 aliphatic heterocycles. The molecular weight excluding hydrogens is 290 g/mol. The van der Waals surface area contributed by atoms with Gasteiger partial charge >= 0.3 is 0 Å². The van der Waals surface area contributed by atoms with Crippen LogP contribution in [0.3, 0.4) is 0 Å². The number of hydrogen-bond acceptors (Lipinski definition) is 2. The van der Waals surface area contributed by atoms with Gasteiger partial charge in [0.25, 0.3) is 0 Å². The highest BCUT2D eigenvalue weighted by Gasteiger charge is 2.14. The Morgan fingerprint density at radius 1 is 1.28 bits per heavy atom. The lowest BCUT2D eigenvalue weighted by molar-refractivity contribution is 0.277. The highest BCUT2D eigenvalue weighted by Crippen LogP contribution is 2.26. The molecule has 0 atom stereocenters. The molecule has 0 aromatic heterocycles. The minimum Gasteiger partial charge on any atom is -0.492 e. The summed E-state index contributed by atoms with van der Waals surface area (Å²) < 4.78 is 6.79. The smallest absolute Gasteiger partial charge is 0.133 e. The van der Waals surface area contributed by atoms with Crippen molar-refractivity contribution in [2.45, 2.75) is 40.0 Å². The highest BCUT2D eigenvalue weighted by atomic mass is 79.9. The van der Waals surface area contributed by atoms with Gasteiger partial charge in [0.05, 0.1) is 11.1 Å². The van der Waals surface area contributed by atoms with Gasteiger partial charge in [-0.15, -0.1) is 0 Å². The maximum atomic E-state index is 5.76. The van der Waals surface area contributed by atoms with Crippen LogP contribution in [0.25, 0.3) is 0 Å².